The van der Waals surface area contributed by atoms with Gasteiger partial charge in [0.05, 0.1) is 0 Å². The van der Waals surface area contributed by atoms with Crippen LogP contribution in [0.2, 0.25) is 0 Å². The van der Waals surface area contributed by atoms with E-state index in [2.05, 4.69) is 0 Å². The highest BCUT2D eigenvalue weighted by Gasteiger charge is 2.66. The molecule has 0 heterocycles. The minimum Gasteiger partial charge on any atom is -0.382 e. The van der Waals surface area contributed by atoms with Gasteiger partial charge in [-0.2, -0.15) is 0 Å². The molecule has 0 aromatic heterocycles. The molecular weight excluding hydrogens is 184 g/mol. The standard InChI is InChI=1S/C10H12O4/c11-7-5-1-9(13)3-6(7)4-10(14,2-5)8(9)12/h5-6,13-14H,1-4H2. The van der Waals surface area contributed by atoms with Crippen molar-refractivity contribution < 1.29 is 19.8 Å². The van der Waals surface area contributed by atoms with Crippen LogP contribution < -0.4 is 0 Å². The van der Waals surface area contributed by atoms with Crippen LogP contribution in [0.15, 0.2) is 0 Å². The second-order valence-electron chi connectivity index (χ2n) is 5.01. The average molecular weight is 196 g/mol. The minimum absolute atomic E-state index is 0.131. The zero-order valence-corrected chi connectivity index (χ0v) is 7.69. The smallest absolute Gasteiger partial charge is 0.195 e. The molecule has 4 aliphatic rings. The van der Waals surface area contributed by atoms with Gasteiger partial charge in [0, 0.05) is 11.8 Å². The Morgan fingerprint density at radius 1 is 0.929 bits per heavy atom. The van der Waals surface area contributed by atoms with Gasteiger partial charge >= 0.3 is 0 Å². The first-order valence-electron chi connectivity index (χ1n) is 4.98. The number of carbonyl (C=O) groups excluding carboxylic acids is 2. The van der Waals surface area contributed by atoms with Crippen LogP contribution in [0.1, 0.15) is 25.7 Å². The number of Topliss-reactive ketones (excluding diaryl/α,β-unsaturated/α-hetero) is 2. The van der Waals surface area contributed by atoms with Crippen molar-refractivity contribution in [1.29, 1.82) is 0 Å². The van der Waals surface area contributed by atoms with E-state index in [0.29, 0.717) is 0 Å². The van der Waals surface area contributed by atoms with Gasteiger partial charge in [0.2, 0.25) is 0 Å². The summed E-state index contributed by atoms with van der Waals surface area (Å²) in [6.45, 7) is 0. The topological polar surface area (TPSA) is 74.6 Å². The third kappa shape index (κ3) is 0.769. The van der Waals surface area contributed by atoms with Crippen LogP contribution in [0.25, 0.3) is 0 Å². The van der Waals surface area contributed by atoms with E-state index in [1.54, 1.807) is 0 Å². The summed E-state index contributed by atoms with van der Waals surface area (Å²) in [6.07, 6.45) is 0.903. The maximum atomic E-state index is 11.7. The first-order chi connectivity index (χ1) is 6.45. The van der Waals surface area contributed by atoms with Gasteiger partial charge in [0.25, 0.3) is 0 Å². The van der Waals surface area contributed by atoms with Crippen molar-refractivity contribution in [2.45, 2.75) is 36.9 Å². The molecule has 0 aliphatic heterocycles. The molecule has 0 amide bonds. The van der Waals surface area contributed by atoms with E-state index < -0.39 is 17.0 Å². The molecule has 0 aromatic carbocycles. The van der Waals surface area contributed by atoms with Gasteiger partial charge < -0.3 is 10.2 Å². The van der Waals surface area contributed by atoms with Crippen LogP contribution in [-0.2, 0) is 9.59 Å². The second-order valence-corrected chi connectivity index (χ2v) is 5.01. The van der Waals surface area contributed by atoms with Crippen molar-refractivity contribution in [3.63, 3.8) is 0 Å². The summed E-state index contributed by atoms with van der Waals surface area (Å²) in [4.78, 5) is 23.3. The number of aliphatic hydroxyl groups is 2. The molecule has 4 fully saturated rings. The predicted octanol–water partition coefficient (Wildman–Crippen LogP) is -0.580. The van der Waals surface area contributed by atoms with E-state index in [1.165, 1.54) is 0 Å². The van der Waals surface area contributed by atoms with Gasteiger partial charge in [-0.15, -0.1) is 0 Å². The molecule has 4 aliphatic carbocycles. The lowest BCUT2D eigenvalue weighted by atomic mass is 9.51. The summed E-state index contributed by atoms with van der Waals surface area (Å²) in [5.74, 6) is -0.915. The van der Waals surface area contributed by atoms with Crippen LogP contribution in [0.5, 0.6) is 0 Å². The summed E-state index contributed by atoms with van der Waals surface area (Å²) >= 11 is 0. The zero-order valence-electron chi connectivity index (χ0n) is 7.69. The molecule has 0 aromatic rings. The Labute approximate surface area is 80.9 Å². The van der Waals surface area contributed by atoms with Crippen LogP contribution in [0.4, 0.5) is 0 Å². The molecule has 0 atom stereocenters. The number of carbonyl (C=O) groups is 2. The van der Waals surface area contributed by atoms with E-state index in [0.717, 1.165) is 0 Å². The lowest BCUT2D eigenvalue weighted by Crippen LogP contribution is -2.69. The Bertz CT molecular complexity index is 304. The van der Waals surface area contributed by atoms with E-state index in [4.69, 9.17) is 0 Å². The maximum Gasteiger partial charge on any atom is 0.195 e. The van der Waals surface area contributed by atoms with Gasteiger partial charge in [-0.25, -0.2) is 0 Å². The second kappa shape index (κ2) is 2.09. The fraction of sp³-hybridized carbons (Fsp3) is 0.800. The number of rotatable bonds is 0. The molecule has 2 N–H and O–H groups in total. The van der Waals surface area contributed by atoms with Crippen molar-refractivity contribution in [3.05, 3.63) is 0 Å². The van der Waals surface area contributed by atoms with Crippen LogP contribution in [0, 0.1) is 11.8 Å². The summed E-state index contributed by atoms with van der Waals surface area (Å²) in [7, 11) is 0. The highest BCUT2D eigenvalue weighted by Crippen LogP contribution is 2.53. The molecule has 4 heteroatoms. The summed E-state index contributed by atoms with van der Waals surface area (Å²) in [5, 5.41) is 20.0. The monoisotopic (exact) mass is 196 g/mol. The lowest BCUT2D eigenvalue weighted by molar-refractivity contribution is -0.199. The van der Waals surface area contributed by atoms with E-state index in [-0.39, 0.29) is 43.3 Å². The third-order valence-electron chi connectivity index (χ3n) is 3.99. The molecule has 76 valence electrons. The maximum absolute atomic E-state index is 11.7. The lowest BCUT2D eigenvalue weighted by Gasteiger charge is -2.55. The van der Waals surface area contributed by atoms with Crippen molar-refractivity contribution >= 4 is 11.6 Å². The summed E-state index contributed by atoms with van der Waals surface area (Å²) < 4.78 is 0. The first kappa shape index (κ1) is 8.56. The Kier molecular flexibility index (Phi) is 1.28. The van der Waals surface area contributed by atoms with Crippen molar-refractivity contribution in [3.8, 4) is 0 Å². The molecule has 0 unspecified atom stereocenters. The largest absolute Gasteiger partial charge is 0.382 e. The first-order valence-corrected chi connectivity index (χ1v) is 4.98. The van der Waals surface area contributed by atoms with Crippen molar-refractivity contribution in [1.82, 2.24) is 0 Å². The van der Waals surface area contributed by atoms with E-state index in [1.807, 2.05) is 0 Å². The SMILES string of the molecule is O=C1C2CC3(O)CC1CC(O)(C2)C3=O. The highest BCUT2D eigenvalue weighted by atomic mass is 16.3. The predicted molar refractivity (Wildman–Crippen MR) is 45.4 cm³/mol. The molecule has 0 radical (unpaired) electrons. The fourth-order valence-corrected chi connectivity index (χ4v) is 3.48. The zero-order chi connectivity index (χ0) is 10.1. The number of hydrogen-bond acceptors (Lipinski definition) is 4. The Morgan fingerprint density at radius 3 is 1.64 bits per heavy atom. The van der Waals surface area contributed by atoms with Gasteiger partial charge in [-0.05, 0) is 25.7 Å². The molecular formula is C10H12O4. The average Bonchev–Trinajstić information content (AvgIpc) is 2.07. The Balaban J connectivity index is 2.11. The number of ketones is 2. The van der Waals surface area contributed by atoms with Crippen molar-refractivity contribution in [2.75, 3.05) is 0 Å². The molecule has 0 spiro atoms. The van der Waals surface area contributed by atoms with E-state index in [9.17, 15) is 19.8 Å². The highest BCUT2D eigenvalue weighted by molar-refractivity contribution is 6.02. The summed E-state index contributed by atoms with van der Waals surface area (Å²) in [5.41, 5.74) is -2.82. The normalized spacial score (nSPS) is 55.6. The quantitative estimate of drug-likeness (QED) is 0.543. The Morgan fingerprint density at radius 2 is 1.29 bits per heavy atom. The van der Waals surface area contributed by atoms with Gasteiger partial charge in [0.1, 0.15) is 17.0 Å². The third-order valence-corrected chi connectivity index (χ3v) is 3.99. The van der Waals surface area contributed by atoms with Gasteiger partial charge in [-0.1, -0.05) is 0 Å². The fourth-order valence-electron chi connectivity index (χ4n) is 3.48. The molecule has 4 saturated carbocycles. The molecule has 14 heavy (non-hydrogen) atoms. The number of hydrogen-bond donors (Lipinski definition) is 2. The molecule has 0 saturated heterocycles. The van der Waals surface area contributed by atoms with Crippen molar-refractivity contribution in [2.24, 2.45) is 11.8 Å². The molecule has 4 bridgehead atoms. The van der Waals surface area contributed by atoms with E-state index >= 15 is 0 Å². The molecule has 4 nitrogen and oxygen atoms in total. The Hall–Kier alpha value is -0.740. The van der Waals surface area contributed by atoms with Crippen LogP contribution in [0.3, 0.4) is 0 Å². The van der Waals surface area contributed by atoms with Gasteiger partial charge in [0.15, 0.2) is 5.78 Å². The van der Waals surface area contributed by atoms with Crippen LogP contribution >= 0.6 is 0 Å². The minimum atomic E-state index is -1.41. The molecule has 4 rings (SSSR count). The summed E-state index contributed by atoms with van der Waals surface area (Å²) in [6, 6.07) is 0. The van der Waals surface area contributed by atoms with Gasteiger partial charge in [-0.3, -0.25) is 9.59 Å². The van der Waals surface area contributed by atoms with Crippen LogP contribution in [-0.4, -0.2) is 33.0 Å².